The normalized spacial score (nSPS) is 11.8. The summed E-state index contributed by atoms with van der Waals surface area (Å²) in [5, 5.41) is 6.34. The summed E-state index contributed by atoms with van der Waals surface area (Å²) in [5.41, 5.74) is 0.171. The lowest BCUT2D eigenvalue weighted by molar-refractivity contribution is 0.380. The minimum Gasteiger partial charge on any atom is -0.360 e. The lowest BCUT2D eigenvalue weighted by Gasteiger charge is -2.10. The quantitative estimate of drug-likeness (QED) is 0.840. The van der Waals surface area contributed by atoms with Crippen molar-refractivity contribution in [2.45, 2.75) is 18.0 Å². The predicted molar refractivity (Wildman–Crippen MR) is 74.7 cm³/mol. The van der Waals surface area contributed by atoms with Crippen LogP contribution in [0.25, 0.3) is 0 Å². The van der Waals surface area contributed by atoms with Crippen LogP contribution in [0.15, 0.2) is 33.8 Å². The third-order valence-electron chi connectivity index (χ3n) is 2.66. The van der Waals surface area contributed by atoms with Crippen molar-refractivity contribution in [3.63, 3.8) is 0 Å². The van der Waals surface area contributed by atoms with Gasteiger partial charge in [-0.15, -0.1) is 0 Å². The number of hydrogen-bond acceptors (Lipinski definition) is 5. The molecule has 0 saturated carbocycles. The highest BCUT2D eigenvalue weighted by molar-refractivity contribution is 7.89. The van der Waals surface area contributed by atoms with Gasteiger partial charge in [-0.2, -0.15) is 0 Å². The van der Waals surface area contributed by atoms with Gasteiger partial charge >= 0.3 is 0 Å². The maximum Gasteiger partial charge on any atom is 0.243 e. The molecular weight excluding hydrogens is 321 g/mol. The third kappa shape index (κ3) is 3.79. The highest BCUT2D eigenvalue weighted by Crippen LogP contribution is 2.24. The zero-order valence-corrected chi connectivity index (χ0v) is 12.6. The molecule has 0 aliphatic heterocycles. The number of hydrogen-bond donors (Lipinski definition) is 2. The molecule has 9 heteroatoms. The van der Waals surface area contributed by atoms with Crippen LogP contribution in [0.2, 0.25) is 5.02 Å². The third-order valence-corrected chi connectivity index (χ3v) is 4.28. The van der Waals surface area contributed by atoms with E-state index >= 15 is 0 Å². The molecule has 21 heavy (non-hydrogen) atoms. The van der Waals surface area contributed by atoms with E-state index in [1.807, 2.05) is 0 Å². The fourth-order valence-electron chi connectivity index (χ4n) is 1.71. The molecular formula is C12H13ClFN3O3S. The van der Waals surface area contributed by atoms with Crippen molar-refractivity contribution in [1.29, 1.82) is 0 Å². The fraction of sp³-hybridized carbons (Fsp3) is 0.250. The van der Waals surface area contributed by atoms with Crippen LogP contribution in [0.3, 0.4) is 0 Å². The largest absolute Gasteiger partial charge is 0.360 e. The van der Waals surface area contributed by atoms with Gasteiger partial charge in [0.05, 0.1) is 12.7 Å². The highest BCUT2D eigenvalue weighted by Gasteiger charge is 2.22. The Kier molecular flexibility index (Phi) is 4.94. The molecule has 0 fully saturated rings. The van der Waals surface area contributed by atoms with Crippen molar-refractivity contribution in [2.24, 2.45) is 0 Å². The molecule has 1 aromatic carbocycles. The molecule has 0 amide bonds. The summed E-state index contributed by atoms with van der Waals surface area (Å²) in [5.74, 6) is -0.518. The van der Waals surface area contributed by atoms with Crippen molar-refractivity contribution < 1.29 is 17.3 Å². The molecule has 2 N–H and O–H groups in total. The van der Waals surface area contributed by atoms with E-state index in [1.54, 1.807) is 7.05 Å². The SMILES string of the molecule is CNCc1cc(Cl)cc(S(=O)(=O)NCc2ccno2)c1F. The molecule has 0 unspecified atom stereocenters. The van der Waals surface area contributed by atoms with E-state index in [-0.39, 0.29) is 23.7 Å². The summed E-state index contributed by atoms with van der Waals surface area (Å²) in [6, 6.07) is 3.95. The Balaban J connectivity index is 2.30. The predicted octanol–water partition coefficient (Wildman–Crippen LogP) is 1.67. The van der Waals surface area contributed by atoms with E-state index in [9.17, 15) is 12.8 Å². The summed E-state index contributed by atoms with van der Waals surface area (Å²) >= 11 is 5.85. The summed E-state index contributed by atoms with van der Waals surface area (Å²) in [6.45, 7) is 0.0344. The number of aromatic nitrogens is 1. The van der Waals surface area contributed by atoms with Crippen LogP contribution in [0, 0.1) is 5.82 Å². The maximum atomic E-state index is 14.2. The topological polar surface area (TPSA) is 84.2 Å². The Bertz CT molecular complexity index is 720. The van der Waals surface area contributed by atoms with E-state index in [4.69, 9.17) is 16.1 Å². The second-order valence-corrected chi connectivity index (χ2v) is 6.38. The molecule has 0 radical (unpaired) electrons. The number of nitrogens with zero attached hydrogens (tertiary/aromatic N) is 1. The van der Waals surface area contributed by atoms with Gasteiger partial charge in [-0.25, -0.2) is 17.5 Å². The Labute approximate surface area is 126 Å². The van der Waals surface area contributed by atoms with Gasteiger partial charge in [-0.3, -0.25) is 0 Å². The lowest BCUT2D eigenvalue weighted by Crippen LogP contribution is -2.24. The van der Waals surface area contributed by atoms with Crippen molar-refractivity contribution in [1.82, 2.24) is 15.2 Å². The van der Waals surface area contributed by atoms with Crippen molar-refractivity contribution in [2.75, 3.05) is 7.05 Å². The van der Waals surface area contributed by atoms with Crippen molar-refractivity contribution >= 4 is 21.6 Å². The molecule has 1 aromatic heterocycles. The van der Waals surface area contributed by atoms with Crippen LogP contribution < -0.4 is 10.0 Å². The standard InChI is InChI=1S/C12H13ClFN3O3S/c1-15-6-8-4-9(13)5-11(12(8)14)21(18,19)17-7-10-2-3-16-20-10/h2-5,15,17H,6-7H2,1H3. The first-order valence-electron chi connectivity index (χ1n) is 5.96. The van der Waals surface area contributed by atoms with Gasteiger partial charge in [0.15, 0.2) is 5.76 Å². The molecule has 114 valence electrons. The van der Waals surface area contributed by atoms with Crippen molar-refractivity contribution in [3.8, 4) is 0 Å². The van der Waals surface area contributed by atoms with E-state index in [0.29, 0.717) is 5.76 Å². The number of benzene rings is 1. The molecule has 6 nitrogen and oxygen atoms in total. The molecule has 1 heterocycles. The van der Waals surface area contributed by atoms with E-state index in [2.05, 4.69) is 15.2 Å². The van der Waals surface area contributed by atoms with Crippen LogP contribution >= 0.6 is 11.6 Å². The van der Waals surface area contributed by atoms with Gasteiger partial charge in [-0.05, 0) is 19.2 Å². The monoisotopic (exact) mass is 333 g/mol. The highest BCUT2D eigenvalue weighted by atomic mass is 35.5. The molecule has 0 aliphatic carbocycles. The average molecular weight is 334 g/mol. The van der Waals surface area contributed by atoms with Gasteiger partial charge < -0.3 is 9.84 Å². The minimum absolute atomic E-state index is 0.129. The van der Waals surface area contributed by atoms with Crippen molar-refractivity contribution in [3.05, 3.63) is 46.6 Å². The van der Waals surface area contributed by atoms with E-state index < -0.39 is 20.7 Å². The summed E-state index contributed by atoms with van der Waals surface area (Å²) in [4.78, 5) is -0.500. The molecule has 2 aromatic rings. The van der Waals surface area contributed by atoms with Crippen LogP contribution in [-0.4, -0.2) is 20.6 Å². The second-order valence-electron chi connectivity index (χ2n) is 4.21. The van der Waals surface area contributed by atoms with Crippen LogP contribution in [-0.2, 0) is 23.1 Å². The van der Waals surface area contributed by atoms with Gasteiger partial charge in [0, 0.05) is 23.2 Å². The van der Waals surface area contributed by atoms with Gasteiger partial charge in [0.2, 0.25) is 10.0 Å². The molecule has 2 rings (SSSR count). The van der Waals surface area contributed by atoms with Gasteiger partial charge in [-0.1, -0.05) is 16.8 Å². The number of rotatable bonds is 6. The number of halogens is 2. The molecule has 0 atom stereocenters. The van der Waals surface area contributed by atoms with E-state index in [0.717, 1.165) is 6.07 Å². The first-order chi connectivity index (χ1) is 9.94. The zero-order valence-electron chi connectivity index (χ0n) is 11.1. The Morgan fingerprint density at radius 2 is 2.14 bits per heavy atom. The van der Waals surface area contributed by atoms with Gasteiger partial charge in [0.25, 0.3) is 0 Å². The average Bonchev–Trinajstić information content (AvgIpc) is 2.94. The first kappa shape index (κ1) is 15.9. The summed E-state index contributed by atoms with van der Waals surface area (Å²) in [6.07, 6.45) is 1.38. The molecule has 0 aliphatic rings. The molecule has 0 saturated heterocycles. The first-order valence-corrected chi connectivity index (χ1v) is 7.82. The Morgan fingerprint density at radius 3 is 2.76 bits per heavy atom. The number of sulfonamides is 1. The minimum atomic E-state index is -4.06. The molecule has 0 bridgehead atoms. The van der Waals surface area contributed by atoms with Crippen LogP contribution in [0.5, 0.6) is 0 Å². The number of nitrogens with one attached hydrogen (secondary N) is 2. The molecule has 0 spiro atoms. The Hall–Kier alpha value is -1.48. The summed E-state index contributed by atoms with van der Waals surface area (Å²) < 4.78 is 45.6. The second kappa shape index (κ2) is 6.52. The summed E-state index contributed by atoms with van der Waals surface area (Å²) in [7, 11) is -2.43. The van der Waals surface area contributed by atoms with Gasteiger partial charge in [0.1, 0.15) is 10.7 Å². The van der Waals surface area contributed by atoms with Crippen LogP contribution in [0.1, 0.15) is 11.3 Å². The fourth-order valence-corrected chi connectivity index (χ4v) is 3.15. The van der Waals surface area contributed by atoms with E-state index in [1.165, 1.54) is 18.3 Å². The Morgan fingerprint density at radius 1 is 1.38 bits per heavy atom. The zero-order chi connectivity index (χ0) is 15.5. The lowest BCUT2D eigenvalue weighted by atomic mass is 10.2. The van der Waals surface area contributed by atoms with Crippen LogP contribution in [0.4, 0.5) is 4.39 Å². The smallest absolute Gasteiger partial charge is 0.243 e. The maximum absolute atomic E-state index is 14.2.